The third kappa shape index (κ3) is 4.12. The van der Waals surface area contributed by atoms with Gasteiger partial charge in [-0.3, -0.25) is 4.90 Å². The molecule has 0 aromatic carbocycles. The van der Waals surface area contributed by atoms with Gasteiger partial charge in [-0.15, -0.1) is 0 Å². The summed E-state index contributed by atoms with van der Waals surface area (Å²) in [7, 11) is 2.22. The Kier molecular flexibility index (Phi) is 5.23. The molecule has 0 spiro atoms. The Balaban J connectivity index is 1.67. The molecule has 4 nitrogen and oxygen atoms in total. The quantitative estimate of drug-likeness (QED) is 0.783. The van der Waals surface area contributed by atoms with Gasteiger partial charge in [0.1, 0.15) is 0 Å². The van der Waals surface area contributed by atoms with Crippen molar-refractivity contribution in [3.05, 3.63) is 24.0 Å². The number of rotatable bonds is 6. The van der Waals surface area contributed by atoms with Crippen LogP contribution >= 0.6 is 0 Å². The Morgan fingerprint density at radius 3 is 2.83 bits per heavy atom. The van der Waals surface area contributed by atoms with Crippen LogP contribution in [0.3, 0.4) is 0 Å². The van der Waals surface area contributed by atoms with Crippen LogP contribution in [-0.2, 0) is 6.42 Å². The van der Waals surface area contributed by atoms with Gasteiger partial charge in [0.25, 0.3) is 0 Å². The molecule has 102 valence electrons. The van der Waals surface area contributed by atoms with Gasteiger partial charge in [0.15, 0.2) is 0 Å². The van der Waals surface area contributed by atoms with Crippen molar-refractivity contribution in [3.63, 3.8) is 0 Å². The normalized spacial score (nSPS) is 19.3. The number of H-pyrrole nitrogens is 1. The van der Waals surface area contributed by atoms with E-state index in [0.717, 1.165) is 32.6 Å². The maximum Gasteiger partial charge on any atom is 0.0195 e. The number of aromatic nitrogens is 1. The second-order valence-electron chi connectivity index (χ2n) is 5.34. The highest BCUT2D eigenvalue weighted by Crippen LogP contribution is 2.04. The van der Waals surface area contributed by atoms with E-state index in [1.165, 1.54) is 18.8 Å². The summed E-state index contributed by atoms with van der Waals surface area (Å²) in [5.74, 6) is 0. The summed E-state index contributed by atoms with van der Waals surface area (Å²) in [6.07, 6.45) is 3.11. The molecule has 1 atom stereocenters. The molecule has 1 unspecified atom stereocenters. The van der Waals surface area contributed by atoms with Crippen molar-refractivity contribution in [2.24, 2.45) is 0 Å². The average molecular weight is 250 g/mol. The summed E-state index contributed by atoms with van der Waals surface area (Å²) in [6, 6.07) is 4.88. The van der Waals surface area contributed by atoms with Crippen LogP contribution in [0.25, 0.3) is 0 Å². The lowest BCUT2D eigenvalue weighted by molar-refractivity contribution is 0.147. The van der Waals surface area contributed by atoms with Crippen molar-refractivity contribution < 1.29 is 0 Å². The number of hydrogen-bond donors (Lipinski definition) is 2. The standard InChI is InChI=1S/C14H26N4/c1-13(18-10-7-15-8-11-18)12-17(2)9-5-14-4-3-6-16-14/h3-4,6,13,15-16H,5,7-12H2,1-2H3. The highest BCUT2D eigenvalue weighted by atomic mass is 15.2. The van der Waals surface area contributed by atoms with Gasteiger partial charge in [-0.1, -0.05) is 0 Å². The second-order valence-corrected chi connectivity index (χ2v) is 5.34. The molecule has 2 heterocycles. The summed E-state index contributed by atoms with van der Waals surface area (Å²) >= 11 is 0. The van der Waals surface area contributed by atoms with Crippen LogP contribution in [0.1, 0.15) is 12.6 Å². The minimum absolute atomic E-state index is 0.653. The molecule has 18 heavy (non-hydrogen) atoms. The molecule has 2 rings (SSSR count). The molecule has 1 aromatic heterocycles. The van der Waals surface area contributed by atoms with E-state index in [1.54, 1.807) is 0 Å². The maximum atomic E-state index is 3.41. The van der Waals surface area contributed by atoms with Crippen LogP contribution in [0.2, 0.25) is 0 Å². The van der Waals surface area contributed by atoms with E-state index in [0.29, 0.717) is 6.04 Å². The van der Waals surface area contributed by atoms with Gasteiger partial charge in [0, 0.05) is 63.6 Å². The third-order valence-corrected chi connectivity index (χ3v) is 3.78. The Labute approximate surface area is 110 Å². The van der Waals surface area contributed by atoms with E-state index >= 15 is 0 Å². The Morgan fingerprint density at radius 2 is 2.17 bits per heavy atom. The number of piperazine rings is 1. The predicted octanol–water partition coefficient (Wildman–Crippen LogP) is 0.783. The first-order valence-corrected chi connectivity index (χ1v) is 7.01. The molecule has 0 saturated carbocycles. The van der Waals surface area contributed by atoms with Crippen molar-refractivity contribution >= 4 is 0 Å². The van der Waals surface area contributed by atoms with E-state index in [2.05, 4.69) is 46.2 Å². The van der Waals surface area contributed by atoms with Crippen molar-refractivity contribution in [2.75, 3.05) is 46.3 Å². The molecule has 0 amide bonds. The van der Waals surface area contributed by atoms with Crippen molar-refractivity contribution in [2.45, 2.75) is 19.4 Å². The SMILES string of the molecule is CC(CN(C)CCc1ccc[nH]1)N1CCNCC1. The van der Waals surface area contributed by atoms with E-state index in [1.807, 2.05) is 6.20 Å². The first-order valence-electron chi connectivity index (χ1n) is 7.01. The number of hydrogen-bond acceptors (Lipinski definition) is 3. The maximum absolute atomic E-state index is 3.41. The summed E-state index contributed by atoms with van der Waals surface area (Å²) in [5, 5.41) is 3.41. The topological polar surface area (TPSA) is 34.3 Å². The number of nitrogens with one attached hydrogen (secondary N) is 2. The number of likely N-dealkylation sites (N-methyl/N-ethyl adjacent to an activating group) is 1. The average Bonchev–Trinajstić information content (AvgIpc) is 2.90. The highest BCUT2D eigenvalue weighted by molar-refractivity contribution is 5.03. The van der Waals surface area contributed by atoms with Gasteiger partial charge in [0.2, 0.25) is 0 Å². The minimum Gasteiger partial charge on any atom is -0.365 e. The number of aromatic amines is 1. The van der Waals surface area contributed by atoms with E-state index in [4.69, 9.17) is 0 Å². The first-order chi connectivity index (χ1) is 8.75. The lowest BCUT2D eigenvalue weighted by Crippen LogP contribution is -2.50. The second kappa shape index (κ2) is 6.92. The van der Waals surface area contributed by atoms with Gasteiger partial charge >= 0.3 is 0 Å². The number of nitrogens with zero attached hydrogens (tertiary/aromatic N) is 2. The molecular weight excluding hydrogens is 224 g/mol. The molecule has 1 fully saturated rings. The lowest BCUT2D eigenvalue weighted by Gasteiger charge is -2.34. The molecule has 1 saturated heterocycles. The van der Waals surface area contributed by atoms with Gasteiger partial charge in [-0.05, 0) is 26.1 Å². The van der Waals surface area contributed by atoms with Crippen molar-refractivity contribution in [1.82, 2.24) is 20.1 Å². The summed E-state index contributed by atoms with van der Waals surface area (Å²) in [5.41, 5.74) is 1.33. The van der Waals surface area contributed by atoms with E-state index in [9.17, 15) is 0 Å². The zero-order valence-electron chi connectivity index (χ0n) is 11.7. The van der Waals surface area contributed by atoms with Gasteiger partial charge in [-0.25, -0.2) is 0 Å². The van der Waals surface area contributed by atoms with Crippen LogP contribution < -0.4 is 5.32 Å². The Bertz CT molecular complexity index is 317. The van der Waals surface area contributed by atoms with Gasteiger partial charge in [-0.2, -0.15) is 0 Å². The predicted molar refractivity (Wildman–Crippen MR) is 75.9 cm³/mol. The van der Waals surface area contributed by atoms with Crippen LogP contribution in [0.4, 0.5) is 0 Å². The van der Waals surface area contributed by atoms with Gasteiger partial charge in [0.05, 0.1) is 0 Å². The van der Waals surface area contributed by atoms with E-state index in [-0.39, 0.29) is 0 Å². The Morgan fingerprint density at radius 1 is 1.39 bits per heavy atom. The molecule has 4 heteroatoms. The zero-order valence-corrected chi connectivity index (χ0v) is 11.7. The fourth-order valence-corrected chi connectivity index (χ4v) is 2.62. The van der Waals surface area contributed by atoms with Crippen LogP contribution in [-0.4, -0.2) is 67.1 Å². The van der Waals surface area contributed by atoms with Crippen LogP contribution in [0, 0.1) is 0 Å². The minimum atomic E-state index is 0.653. The van der Waals surface area contributed by atoms with Crippen LogP contribution in [0.15, 0.2) is 18.3 Å². The van der Waals surface area contributed by atoms with E-state index < -0.39 is 0 Å². The monoisotopic (exact) mass is 250 g/mol. The zero-order chi connectivity index (χ0) is 12.8. The van der Waals surface area contributed by atoms with Crippen molar-refractivity contribution in [1.29, 1.82) is 0 Å². The Hall–Kier alpha value is -0.840. The first kappa shape index (κ1) is 13.6. The fraction of sp³-hybridized carbons (Fsp3) is 0.714. The molecule has 1 aromatic rings. The molecule has 1 aliphatic heterocycles. The molecule has 0 radical (unpaired) electrons. The van der Waals surface area contributed by atoms with Crippen LogP contribution in [0.5, 0.6) is 0 Å². The van der Waals surface area contributed by atoms with Crippen molar-refractivity contribution in [3.8, 4) is 0 Å². The van der Waals surface area contributed by atoms with Gasteiger partial charge < -0.3 is 15.2 Å². The molecule has 2 N–H and O–H groups in total. The fourth-order valence-electron chi connectivity index (χ4n) is 2.62. The summed E-state index contributed by atoms with van der Waals surface area (Å²) in [6.45, 7) is 9.26. The summed E-state index contributed by atoms with van der Waals surface area (Å²) in [4.78, 5) is 8.29. The largest absolute Gasteiger partial charge is 0.365 e. The summed E-state index contributed by atoms with van der Waals surface area (Å²) < 4.78 is 0. The molecular formula is C14H26N4. The third-order valence-electron chi connectivity index (χ3n) is 3.78. The lowest BCUT2D eigenvalue weighted by atomic mass is 10.2. The smallest absolute Gasteiger partial charge is 0.0195 e. The highest BCUT2D eigenvalue weighted by Gasteiger charge is 2.17. The molecule has 0 aliphatic carbocycles. The molecule has 0 bridgehead atoms. The molecule has 1 aliphatic rings.